The lowest BCUT2D eigenvalue weighted by Crippen LogP contribution is -2.30. The minimum Gasteiger partial charge on any atom is -0.480 e. The number of carboxylic acid groups (broad SMARTS) is 1. The van der Waals surface area contributed by atoms with E-state index in [1.807, 2.05) is 26.0 Å². The SMILES string of the molecule is Cc1cc(C(C)(C)C)cc(C)c1C(=O)NCC(=O)O. The normalized spacial score (nSPS) is 11.2. The van der Waals surface area contributed by atoms with Gasteiger partial charge in [0.1, 0.15) is 6.54 Å². The van der Waals surface area contributed by atoms with Gasteiger partial charge >= 0.3 is 5.97 Å². The number of hydrogen-bond acceptors (Lipinski definition) is 2. The Balaban J connectivity index is 3.10. The van der Waals surface area contributed by atoms with Crippen molar-refractivity contribution in [3.63, 3.8) is 0 Å². The van der Waals surface area contributed by atoms with Crippen LogP contribution in [0.5, 0.6) is 0 Å². The Labute approximate surface area is 113 Å². The van der Waals surface area contributed by atoms with Crippen LogP contribution in [0.15, 0.2) is 12.1 Å². The summed E-state index contributed by atoms with van der Waals surface area (Å²) < 4.78 is 0. The summed E-state index contributed by atoms with van der Waals surface area (Å²) in [7, 11) is 0. The molecule has 1 aromatic carbocycles. The minimum absolute atomic E-state index is 0.0194. The van der Waals surface area contributed by atoms with Crippen molar-refractivity contribution in [1.82, 2.24) is 5.32 Å². The number of aryl methyl sites for hydroxylation is 2. The molecule has 0 aliphatic heterocycles. The van der Waals surface area contributed by atoms with E-state index in [1.165, 1.54) is 0 Å². The Bertz CT molecular complexity index is 490. The van der Waals surface area contributed by atoms with Gasteiger partial charge in [0, 0.05) is 5.56 Å². The first-order chi connectivity index (χ1) is 8.62. The average molecular weight is 263 g/mol. The predicted octanol–water partition coefficient (Wildman–Crippen LogP) is 2.42. The summed E-state index contributed by atoms with van der Waals surface area (Å²) in [4.78, 5) is 22.5. The number of carbonyl (C=O) groups is 2. The second-order valence-electron chi connectivity index (χ2n) is 5.81. The second kappa shape index (κ2) is 5.43. The molecule has 2 N–H and O–H groups in total. The second-order valence-corrected chi connectivity index (χ2v) is 5.81. The molecule has 1 amide bonds. The van der Waals surface area contributed by atoms with E-state index in [1.54, 1.807) is 0 Å². The van der Waals surface area contributed by atoms with Crippen molar-refractivity contribution in [2.75, 3.05) is 6.54 Å². The topological polar surface area (TPSA) is 66.4 Å². The number of rotatable bonds is 3. The van der Waals surface area contributed by atoms with Gasteiger partial charge < -0.3 is 10.4 Å². The van der Waals surface area contributed by atoms with Crippen LogP contribution in [0.1, 0.15) is 47.8 Å². The van der Waals surface area contributed by atoms with E-state index >= 15 is 0 Å². The lowest BCUT2D eigenvalue weighted by atomic mass is 9.83. The largest absolute Gasteiger partial charge is 0.480 e. The van der Waals surface area contributed by atoms with Gasteiger partial charge in [0.15, 0.2) is 0 Å². The van der Waals surface area contributed by atoms with E-state index in [4.69, 9.17) is 5.11 Å². The Morgan fingerprint density at radius 1 is 1.16 bits per heavy atom. The third-order valence-electron chi connectivity index (χ3n) is 3.03. The molecule has 0 spiro atoms. The van der Waals surface area contributed by atoms with Crippen LogP contribution in [-0.2, 0) is 10.2 Å². The third kappa shape index (κ3) is 3.81. The zero-order chi connectivity index (χ0) is 14.8. The van der Waals surface area contributed by atoms with Gasteiger partial charge in [-0.1, -0.05) is 32.9 Å². The highest BCUT2D eigenvalue weighted by molar-refractivity contribution is 5.98. The molecular weight excluding hydrogens is 242 g/mol. The molecular formula is C15H21NO3. The first-order valence-corrected chi connectivity index (χ1v) is 6.24. The molecule has 0 unspecified atom stereocenters. The third-order valence-corrected chi connectivity index (χ3v) is 3.03. The number of carbonyl (C=O) groups excluding carboxylic acids is 1. The molecule has 0 heterocycles. The Morgan fingerprint density at radius 3 is 2.00 bits per heavy atom. The molecule has 0 atom stereocenters. The van der Waals surface area contributed by atoms with Crippen LogP contribution in [0, 0.1) is 13.8 Å². The number of amides is 1. The van der Waals surface area contributed by atoms with E-state index < -0.39 is 5.97 Å². The number of nitrogens with one attached hydrogen (secondary N) is 1. The molecule has 4 heteroatoms. The van der Waals surface area contributed by atoms with Crippen molar-refractivity contribution in [2.45, 2.75) is 40.0 Å². The van der Waals surface area contributed by atoms with Crippen molar-refractivity contribution in [1.29, 1.82) is 0 Å². The van der Waals surface area contributed by atoms with Crippen LogP contribution in [-0.4, -0.2) is 23.5 Å². The van der Waals surface area contributed by atoms with Gasteiger partial charge in [-0.15, -0.1) is 0 Å². The van der Waals surface area contributed by atoms with Crippen molar-refractivity contribution in [3.8, 4) is 0 Å². The first-order valence-electron chi connectivity index (χ1n) is 6.24. The molecule has 0 aliphatic rings. The van der Waals surface area contributed by atoms with Crippen LogP contribution in [0.3, 0.4) is 0 Å². The van der Waals surface area contributed by atoms with E-state index in [-0.39, 0.29) is 17.9 Å². The highest BCUT2D eigenvalue weighted by atomic mass is 16.4. The maximum Gasteiger partial charge on any atom is 0.322 e. The smallest absolute Gasteiger partial charge is 0.322 e. The molecule has 0 fully saturated rings. The summed E-state index contributed by atoms with van der Waals surface area (Å²) in [5.74, 6) is -1.38. The number of carboxylic acids is 1. The zero-order valence-corrected chi connectivity index (χ0v) is 12.1. The molecule has 1 aromatic rings. The zero-order valence-electron chi connectivity index (χ0n) is 12.1. The van der Waals surface area contributed by atoms with Crippen molar-refractivity contribution < 1.29 is 14.7 Å². The maximum atomic E-state index is 12.0. The summed E-state index contributed by atoms with van der Waals surface area (Å²) in [6, 6.07) is 3.98. The molecule has 0 bridgehead atoms. The fraction of sp³-hybridized carbons (Fsp3) is 0.467. The van der Waals surface area contributed by atoms with Crippen LogP contribution in [0.25, 0.3) is 0 Å². The van der Waals surface area contributed by atoms with Gasteiger partial charge in [-0.3, -0.25) is 9.59 Å². The molecule has 0 aliphatic carbocycles. The monoisotopic (exact) mass is 263 g/mol. The number of benzene rings is 1. The van der Waals surface area contributed by atoms with Crippen molar-refractivity contribution in [2.24, 2.45) is 0 Å². The summed E-state index contributed by atoms with van der Waals surface area (Å²) in [6.45, 7) is 9.73. The Morgan fingerprint density at radius 2 is 1.63 bits per heavy atom. The molecule has 0 saturated carbocycles. The lowest BCUT2D eigenvalue weighted by Gasteiger charge is -2.22. The van der Waals surface area contributed by atoms with Crippen LogP contribution < -0.4 is 5.32 Å². The van der Waals surface area contributed by atoms with Gasteiger partial charge in [-0.25, -0.2) is 0 Å². The van der Waals surface area contributed by atoms with E-state index in [0.717, 1.165) is 16.7 Å². The first kappa shape index (κ1) is 15.2. The quantitative estimate of drug-likeness (QED) is 0.880. The lowest BCUT2D eigenvalue weighted by molar-refractivity contribution is -0.135. The Hall–Kier alpha value is -1.84. The van der Waals surface area contributed by atoms with Gasteiger partial charge in [-0.2, -0.15) is 0 Å². The average Bonchev–Trinajstić information content (AvgIpc) is 2.24. The standard InChI is InChI=1S/C15H21NO3/c1-9-6-11(15(3,4)5)7-10(2)13(9)14(19)16-8-12(17)18/h6-7H,8H2,1-5H3,(H,16,19)(H,17,18). The molecule has 1 rings (SSSR count). The van der Waals surface area contributed by atoms with Gasteiger partial charge in [0.25, 0.3) is 5.91 Å². The van der Waals surface area contributed by atoms with Crippen LogP contribution in [0.4, 0.5) is 0 Å². The van der Waals surface area contributed by atoms with E-state index in [2.05, 4.69) is 26.1 Å². The number of hydrogen-bond donors (Lipinski definition) is 2. The van der Waals surface area contributed by atoms with E-state index in [9.17, 15) is 9.59 Å². The summed E-state index contributed by atoms with van der Waals surface area (Å²) in [6.07, 6.45) is 0. The fourth-order valence-corrected chi connectivity index (χ4v) is 2.00. The molecule has 4 nitrogen and oxygen atoms in total. The van der Waals surface area contributed by atoms with Crippen LogP contribution >= 0.6 is 0 Å². The number of aliphatic carboxylic acids is 1. The van der Waals surface area contributed by atoms with Gasteiger partial charge in [0.2, 0.25) is 0 Å². The Kier molecular flexibility index (Phi) is 4.35. The van der Waals surface area contributed by atoms with Crippen LogP contribution in [0.2, 0.25) is 0 Å². The molecule has 0 saturated heterocycles. The van der Waals surface area contributed by atoms with Crippen molar-refractivity contribution in [3.05, 3.63) is 34.4 Å². The summed E-state index contributed by atoms with van der Waals surface area (Å²) in [5, 5.41) is 11.0. The van der Waals surface area contributed by atoms with Gasteiger partial charge in [-0.05, 0) is 36.0 Å². The predicted molar refractivity (Wildman–Crippen MR) is 74.6 cm³/mol. The van der Waals surface area contributed by atoms with E-state index in [0.29, 0.717) is 5.56 Å². The molecule has 104 valence electrons. The van der Waals surface area contributed by atoms with Crippen molar-refractivity contribution >= 4 is 11.9 Å². The highest BCUT2D eigenvalue weighted by Gasteiger charge is 2.19. The summed E-state index contributed by atoms with van der Waals surface area (Å²) in [5.41, 5.74) is 3.48. The van der Waals surface area contributed by atoms with Gasteiger partial charge in [0.05, 0.1) is 0 Å². The molecule has 19 heavy (non-hydrogen) atoms. The summed E-state index contributed by atoms with van der Waals surface area (Å²) >= 11 is 0. The minimum atomic E-state index is -1.05. The fourth-order valence-electron chi connectivity index (χ4n) is 2.00. The highest BCUT2D eigenvalue weighted by Crippen LogP contribution is 2.26. The maximum absolute atomic E-state index is 12.0. The molecule has 0 radical (unpaired) electrons. The molecule has 0 aromatic heterocycles.